The van der Waals surface area contributed by atoms with E-state index in [2.05, 4.69) is 11.9 Å². The van der Waals surface area contributed by atoms with Crippen molar-refractivity contribution in [3.05, 3.63) is 26.6 Å². The number of carbonyl (C=O) groups excluding carboxylic acids is 1. The quantitative estimate of drug-likeness (QED) is 0.837. The highest BCUT2D eigenvalue weighted by Crippen LogP contribution is 2.36. The molecule has 146 valence electrons. The summed E-state index contributed by atoms with van der Waals surface area (Å²) in [6.07, 6.45) is 6.63. The van der Waals surface area contributed by atoms with Gasteiger partial charge in [0, 0.05) is 18.0 Å². The van der Waals surface area contributed by atoms with Crippen LogP contribution in [0.15, 0.2) is 4.79 Å². The standard InChI is InChI=1S/C20H27N3O2S2/c1-12-6-7-14-15(10-12)27-20-17(14)19(25)21-18(22-20)13(2)26-11-16(24)23-8-4-3-5-9-23/h12-13H,3-11H2,1-2H3,(H,21,22,25)/t12-,13-/m0/s1. The molecule has 2 aromatic heterocycles. The van der Waals surface area contributed by atoms with Crippen molar-refractivity contribution in [2.75, 3.05) is 18.8 Å². The molecule has 27 heavy (non-hydrogen) atoms. The highest BCUT2D eigenvalue weighted by molar-refractivity contribution is 8.00. The second kappa shape index (κ2) is 7.95. The first-order chi connectivity index (χ1) is 13.0. The smallest absolute Gasteiger partial charge is 0.259 e. The monoisotopic (exact) mass is 405 g/mol. The highest BCUT2D eigenvalue weighted by atomic mass is 32.2. The molecular weight excluding hydrogens is 378 g/mol. The summed E-state index contributed by atoms with van der Waals surface area (Å²) in [5.74, 6) is 2.02. The summed E-state index contributed by atoms with van der Waals surface area (Å²) in [4.78, 5) is 37.1. The summed E-state index contributed by atoms with van der Waals surface area (Å²) in [5.41, 5.74) is 1.20. The molecule has 2 aromatic rings. The van der Waals surface area contributed by atoms with Gasteiger partial charge in [0.25, 0.3) is 5.56 Å². The predicted octanol–water partition coefficient (Wildman–Crippen LogP) is 3.92. The van der Waals surface area contributed by atoms with Gasteiger partial charge in [-0.15, -0.1) is 23.1 Å². The van der Waals surface area contributed by atoms with Gasteiger partial charge in [-0.05, 0) is 56.9 Å². The van der Waals surface area contributed by atoms with E-state index in [9.17, 15) is 9.59 Å². The summed E-state index contributed by atoms with van der Waals surface area (Å²) < 4.78 is 0. The number of thiophene rings is 1. The van der Waals surface area contributed by atoms with E-state index in [1.165, 1.54) is 16.9 Å². The van der Waals surface area contributed by atoms with E-state index < -0.39 is 0 Å². The number of carbonyl (C=O) groups is 1. The largest absolute Gasteiger partial charge is 0.342 e. The highest BCUT2D eigenvalue weighted by Gasteiger charge is 2.24. The number of likely N-dealkylation sites (tertiary alicyclic amines) is 1. The molecule has 1 fully saturated rings. The Kier molecular flexibility index (Phi) is 5.60. The Bertz CT molecular complexity index is 898. The third-order valence-electron chi connectivity index (χ3n) is 5.73. The molecule has 0 unspecified atom stereocenters. The number of thioether (sulfide) groups is 1. The molecule has 1 saturated heterocycles. The molecule has 4 rings (SSSR count). The average molecular weight is 406 g/mol. The van der Waals surface area contributed by atoms with Crippen molar-refractivity contribution in [2.45, 2.75) is 57.6 Å². The summed E-state index contributed by atoms with van der Waals surface area (Å²) in [6, 6.07) is 0. The normalized spacial score (nSPS) is 21.3. The Labute approximate surface area is 167 Å². The number of aryl methyl sites for hydroxylation is 1. The molecule has 2 aliphatic rings. The Morgan fingerprint density at radius 1 is 1.37 bits per heavy atom. The van der Waals surface area contributed by atoms with E-state index >= 15 is 0 Å². The van der Waals surface area contributed by atoms with Crippen molar-refractivity contribution in [1.29, 1.82) is 0 Å². The predicted molar refractivity (Wildman–Crippen MR) is 113 cm³/mol. The fraction of sp³-hybridized carbons (Fsp3) is 0.650. The Morgan fingerprint density at radius 2 is 2.15 bits per heavy atom. The number of amides is 1. The number of fused-ring (bicyclic) bond motifs is 3. The summed E-state index contributed by atoms with van der Waals surface area (Å²) in [6.45, 7) is 6.06. The van der Waals surface area contributed by atoms with Gasteiger partial charge in [-0.2, -0.15) is 0 Å². The van der Waals surface area contributed by atoms with Crippen molar-refractivity contribution in [1.82, 2.24) is 14.9 Å². The molecule has 0 radical (unpaired) electrons. The molecule has 1 amide bonds. The van der Waals surface area contributed by atoms with Crippen LogP contribution >= 0.6 is 23.1 Å². The van der Waals surface area contributed by atoms with Crippen molar-refractivity contribution < 1.29 is 4.79 Å². The van der Waals surface area contributed by atoms with Crippen molar-refractivity contribution in [3.8, 4) is 0 Å². The van der Waals surface area contributed by atoms with Crippen LogP contribution in [0.25, 0.3) is 10.2 Å². The first-order valence-electron chi connectivity index (χ1n) is 9.96. The number of hydrogen-bond donors (Lipinski definition) is 1. The number of aromatic amines is 1. The van der Waals surface area contributed by atoms with Crippen LogP contribution in [0, 0.1) is 5.92 Å². The number of rotatable bonds is 4. The number of hydrogen-bond acceptors (Lipinski definition) is 5. The van der Waals surface area contributed by atoms with Crippen LogP contribution < -0.4 is 5.56 Å². The zero-order valence-corrected chi connectivity index (χ0v) is 17.7. The molecule has 0 aromatic carbocycles. The lowest BCUT2D eigenvalue weighted by atomic mass is 9.89. The lowest BCUT2D eigenvalue weighted by Crippen LogP contribution is -2.36. The maximum absolute atomic E-state index is 12.7. The maximum Gasteiger partial charge on any atom is 0.259 e. The Balaban J connectivity index is 1.50. The zero-order valence-electron chi connectivity index (χ0n) is 16.0. The summed E-state index contributed by atoms with van der Waals surface area (Å²) in [5, 5.41) is 0.793. The fourth-order valence-electron chi connectivity index (χ4n) is 4.07. The third-order valence-corrected chi connectivity index (χ3v) is 8.02. The van der Waals surface area contributed by atoms with Gasteiger partial charge in [0.05, 0.1) is 16.4 Å². The molecule has 0 saturated carbocycles. The van der Waals surface area contributed by atoms with E-state index in [1.54, 1.807) is 23.1 Å². The molecule has 1 N–H and O–H groups in total. The molecule has 5 nitrogen and oxygen atoms in total. The second-order valence-electron chi connectivity index (χ2n) is 7.88. The van der Waals surface area contributed by atoms with Gasteiger partial charge < -0.3 is 9.88 Å². The maximum atomic E-state index is 12.7. The van der Waals surface area contributed by atoms with Gasteiger partial charge >= 0.3 is 0 Å². The molecular formula is C20H27N3O2S2. The van der Waals surface area contributed by atoms with Crippen molar-refractivity contribution >= 4 is 39.2 Å². The molecule has 1 aliphatic heterocycles. The number of nitrogens with zero attached hydrogens (tertiary/aromatic N) is 2. The van der Waals surface area contributed by atoms with Gasteiger partial charge in [-0.25, -0.2) is 4.98 Å². The number of aromatic nitrogens is 2. The van der Waals surface area contributed by atoms with Crippen LogP contribution in [0.2, 0.25) is 0 Å². The number of nitrogens with one attached hydrogen (secondary N) is 1. The van der Waals surface area contributed by atoms with Crippen LogP contribution in [0.4, 0.5) is 0 Å². The number of piperidine rings is 1. The van der Waals surface area contributed by atoms with Crippen molar-refractivity contribution in [3.63, 3.8) is 0 Å². The first-order valence-corrected chi connectivity index (χ1v) is 11.8. The van der Waals surface area contributed by atoms with E-state index in [0.29, 0.717) is 17.5 Å². The molecule has 0 bridgehead atoms. The van der Waals surface area contributed by atoms with Crippen molar-refractivity contribution in [2.24, 2.45) is 5.92 Å². The molecule has 1 aliphatic carbocycles. The topological polar surface area (TPSA) is 66.1 Å². The lowest BCUT2D eigenvalue weighted by Gasteiger charge is -2.26. The Morgan fingerprint density at radius 3 is 2.93 bits per heavy atom. The minimum absolute atomic E-state index is 0.00566. The molecule has 0 spiro atoms. The van der Waals surface area contributed by atoms with Gasteiger partial charge in [-0.1, -0.05) is 6.92 Å². The van der Waals surface area contributed by atoms with Crippen LogP contribution in [-0.2, 0) is 17.6 Å². The van der Waals surface area contributed by atoms with Crippen LogP contribution in [0.1, 0.15) is 61.0 Å². The zero-order chi connectivity index (χ0) is 19.0. The minimum Gasteiger partial charge on any atom is -0.342 e. The molecule has 3 heterocycles. The van der Waals surface area contributed by atoms with E-state index in [4.69, 9.17) is 4.98 Å². The third kappa shape index (κ3) is 3.94. The fourth-order valence-corrected chi connectivity index (χ4v) is 6.30. The molecule has 2 atom stereocenters. The van der Waals surface area contributed by atoms with Gasteiger partial charge in [0.2, 0.25) is 5.91 Å². The van der Waals surface area contributed by atoms with E-state index in [0.717, 1.165) is 55.4 Å². The van der Waals surface area contributed by atoms with Gasteiger partial charge in [0.15, 0.2) is 0 Å². The summed E-state index contributed by atoms with van der Waals surface area (Å²) >= 11 is 3.25. The number of H-pyrrole nitrogens is 1. The second-order valence-corrected chi connectivity index (χ2v) is 10.3. The van der Waals surface area contributed by atoms with Gasteiger partial charge in [-0.3, -0.25) is 9.59 Å². The van der Waals surface area contributed by atoms with Gasteiger partial charge in [0.1, 0.15) is 10.7 Å². The summed E-state index contributed by atoms with van der Waals surface area (Å²) in [7, 11) is 0. The minimum atomic E-state index is -0.0168. The Hall–Kier alpha value is -1.34. The van der Waals surface area contributed by atoms with Crippen LogP contribution in [0.5, 0.6) is 0 Å². The average Bonchev–Trinajstić information content (AvgIpc) is 3.04. The van der Waals surface area contributed by atoms with Crippen LogP contribution in [-0.4, -0.2) is 39.6 Å². The van der Waals surface area contributed by atoms with Crippen LogP contribution in [0.3, 0.4) is 0 Å². The SMILES string of the molecule is C[C@H]1CCc2c(sc3nc([C@H](C)SCC(=O)N4CCCCC4)[nH]c(=O)c23)C1. The molecule has 7 heteroatoms. The van der Waals surface area contributed by atoms with E-state index in [1.807, 2.05) is 11.8 Å². The first kappa shape index (κ1) is 19.0. The van der Waals surface area contributed by atoms with E-state index in [-0.39, 0.29) is 16.7 Å². The lowest BCUT2D eigenvalue weighted by molar-refractivity contribution is -0.129.